The molecule has 2 N–H and O–H groups in total. The number of amides is 1. The van der Waals surface area contributed by atoms with Gasteiger partial charge in [0, 0.05) is 10.7 Å². The number of carbonyl (C=O) groups excluding carboxylic acids is 1. The molecule has 0 bridgehead atoms. The molecule has 1 aromatic carbocycles. The maximum absolute atomic E-state index is 11.6. The molecular weight excluding hydrogens is 247 g/mol. The van der Waals surface area contributed by atoms with Crippen molar-refractivity contribution in [2.24, 2.45) is 0 Å². The van der Waals surface area contributed by atoms with Crippen LogP contribution in [0.4, 0.5) is 5.69 Å². The van der Waals surface area contributed by atoms with Crippen molar-refractivity contribution in [3.05, 3.63) is 28.8 Å². The van der Waals surface area contributed by atoms with Crippen molar-refractivity contribution in [1.82, 2.24) is 5.32 Å². The lowest BCUT2D eigenvalue weighted by molar-refractivity contribution is -0.119. The molecule has 1 aromatic rings. The Bertz CT molecular complexity index is 392. The van der Waals surface area contributed by atoms with Gasteiger partial charge in [0.05, 0.1) is 6.04 Å². The molecule has 5 heteroatoms. The Labute approximate surface area is 106 Å². The van der Waals surface area contributed by atoms with Crippen LogP contribution in [-0.2, 0) is 4.79 Å². The zero-order valence-electron chi connectivity index (χ0n) is 8.92. The molecule has 1 heterocycles. The van der Waals surface area contributed by atoms with E-state index in [9.17, 15) is 4.79 Å². The van der Waals surface area contributed by atoms with Gasteiger partial charge in [0.1, 0.15) is 0 Å². The molecule has 2 rings (SSSR count). The number of hydrogen-bond donors (Lipinski definition) is 2. The van der Waals surface area contributed by atoms with Crippen molar-refractivity contribution in [3.8, 4) is 0 Å². The van der Waals surface area contributed by atoms with E-state index >= 15 is 0 Å². The Balaban J connectivity index is 0.00000128. The summed E-state index contributed by atoms with van der Waals surface area (Å²) in [5.41, 5.74) is 1.81. The van der Waals surface area contributed by atoms with Crippen LogP contribution < -0.4 is 10.6 Å². The Morgan fingerprint density at radius 3 is 2.81 bits per heavy atom. The van der Waals surface area contributed by atoms with Crippen molar-refractivity contribution in [2.75, 3.05) is 11.9 Å². The fraction of sp³-hybridized carbons (Fsp3) is 0.364. The summed E-state index contributed by atoms with van der Waals surface area (Å²) < 4.78 is 0. The Morgan fingerprint density at radius 1 is 1.56 bits per heavy atom. The van der Waals surface area contributed by atoms with E-state index < -0.39 is 0 Å². The number of rotatable bonds is 2. The normalized spacial score (nSPS) is 18.2. The lowest BCUT2D eigenvalue weighted by Gasteiger charge is -2.26. The maximum Gasteiger partial charge on any atom is 0.241 e. The summed E-state index contributed by atoms with van der Waals surface area (Å²) in [5.74, 6) is 0.0200. The quantitative estimate of drug-likeness (QED) is 0.858. The van der Waals surface area contributed by atoms with E-state index in [1.165, 1.54) is 0 Å². The van der Waals surface area contributed by atoms with Gasteiger partial charge in [-0.3, -0.25) is 4.79 Å². The first kappa shape index (κ1) is 13.3. The summed E-state index contributed by atoms with van der Waals surface area (Å²) in [4.78, 5) is 11.6. The van der Waals surface area contributed by atoms with Crippen LogP contribution in [-0.4, -0.2) is 18.5 Å². The number of benzene rings is 1. The van der Waals surface area contributed by atoms with Crippen molar-refractivity contribution < 1.29 is 4.79 Å². The number of carbonyl (C=O) groups is 1. The Morgan fingerprint density at radius 2 is 2.25 bits per heavy atom. The summed E-state index contributed by atoms with van der Waals surface area (Å²) >= 11 is 5.86. The van der Waals surface area contributed by atoms with Crippen LogP contribution in [0.5, 0.6) is 0 Å². The molecule has 1 fully saturated rings. The van der Waals surface area contributed by atoms with Gasteiger partial charge in [-0.2, -0.15) is 0 Å². The molecule has 1 atom stereocenters. The van der Waals surface area contributed by atoms with Crippen LogP contribution in [0.2, 0.25) is 5.02 Å². The minimum Gasteiger partial charge on any atom is -0.324 e. The summed E-state index contributed by atoms with van der Waals surface area (Å²) in [6, 6.07) is 5.44. The molecule has 0 aliphatic carbocycles. The summed E-state index contributed by atoms with van der Waals surface area (Å²) in [6.07, 6.45) is 0.908. The highest BCUT2D eigenvalue weighted by molar-refractivity contribution is 6.31. The molecule has 0 saturated carbocycles. The minimum atomic E-state index is -0.0385. The number of anilines is 1. The second kappa shape index (κ2) is 5.53. The van der Waals surface area contributed by atoms with Gasteiger partial charge in [0.15, 0.2) is 0 Å². The first-order valence-electron chi connectivity index (χ1n) is 4.97. The fourth-order valence-electron chi connectivity index (χ4n) is 1.46. The topological polar surface area (TPSA) is 41.1 Å². The fourth-order valence-corrected chi connectivity index (χ4v) is 1.63. The number of aryl methyl sites for hydroxylation is 1. The standard InChI is InChI=1S/C11H13ClN2O.ClH/c1-7-2-3-8(12)6-10(7)14-11(15)9-4-5-13-9;/h2-3,6,9,13H,4-5H2,1H3,(H,14,15);1H/t9-;/m1./s1. The van der Waals surface area contributed by atoms with Gasteiger partial charge in [-0.05, 0) is 37.6 Å². The summed E-state index contributed by atoms with van der Waals surface area (Å²) in [6.45, 7) is 2.87. The van der Waals surface area contributed by atoms with Crippen LogP contribution >= 0.6 is 24.0 Å². The third-order valence-corrected chi connectivity index (χ3v) is 2.83. The molecule has 0 aromatic heterocycles. The van der Waals surface area contributed by atoms with Gasteiger partial charge < -0.3 is 10.6 Å². The van der Waals surface area contributed by atoms with Gasteiger partial charge in [-0.25, -0.2) is 0 Å². The van der Waals surface area contributed by atoms with Crippen LogP contribution in [0.1, 0.15) is 12.0 Å². The van der Waals surface area contributed by atoms with Crippen LogP contribution in [0.3, 0.4) is 0 Å². The van der Waals surface area contributed by atoms with E-state index in [4.69, 9.17) is 11.6 Å². The minimum absolute atomic E-state index is 0. The molecule has 3 nitrogen and oxygen atoms in total. The average Bonchev–Trinajstić information content (AvgIpc) is 2.08. The molecule has 16 heavy (non-hydrogen) atoms. The predicted octanol–water partition coefficient (Wildman–Crippen LogP) is 2.37. The van der Waals surface area contributed by atoms with E-state index in [-0.39, 0.29) is 24.4 Å². The second-order valence-electron chi connectivity index (χ2n) is 3.74. The molecule has 1 amide bonds. The third-order valence-electron chi connectivity index (χ3n) is 2.60. The van der Waals surface area contributed by atoms with Crippen LogP contribution in [0, 0.1) is 6.92 Å². The summed E-state index contributed by atoms with van der Waals surface area (Å²) in [7, 11) is 0. The van der Waals surface area contributed by atoms with Crippen molar-refractivity contribution in [1.29, 1.82) is 0 Å². The number of nitrogens with one attached hydrogen (secondary N) is 2. The Hall–Kier alpha value is -0.770. The Kier molecular flexibility index (Phi) is 4.59. The zero-order valence-corrected chi connectivity index (χ0v) is 10.5. The molecule has 1 aliphatic rings. The lowest BCUT2D eigenvalue weighted by Crippen LogP contribution is -2.50. The largest absolute Gasteiger partial charge is 0.324 e. The molecule has 88 valence electrons. The van der Waals surface area contributed by atoms with Gasteiger partial charge in [0.25, 0.3) is 0 Å². The highest BCUT2D eigenvalue weighted by Crippen LogP contribution is 2.20. The van der Waals surface area contributed by atoms with Gasteiger partial charge in [-0.15, -0.1) is 12.4 Å². The van der Waals surface area contributed by atoms with E-state index in [1.807, 2.05) is 19.1 Å². The molecule has 1 saturated heterocycles. The van der Waals surface area contributed by atoms with E-state index in [0.717, 1.165) is 24.2 Å². The van der Waals surface area contributed by atoms with Crippen LogP contribution in [0.25, 0.3) is 0 Å². The molecule has 1 aliphatic heterocycles. The van der Waals surface area contributed by atoms with E-state index in [1.54, 1.807) is 6.07 Å². The third kappa shape index (κ3) is 2.88. The first-order valence-corrected chi connectivity index (χ1v) is 5.35. The predicted molar refractivity (Wildman–Crippen MR) is 68.5 cm³/mol. The monoisotopic (exact) mass is 260 g/mol. The van der Waals surface area contributed by atoms with E-state index in [0.29, 0.717) is 5.02 Å². The second-order valence-corrected chi connectivity index (χ2v) is 4.18. The van der Waals surface area contributed by atoms with Gasteiger partial charge in [-0.1, -0.05) is 17.7 Å². The highest BCUT2D eigenvalue weighted by atomic mass is 35.5. The first-order chi connectivity index (χ1) is 7.16. The smallest absolute Gasteiger partial charge is 0.241 e. The molecule has 0 radical (unpaired) electrons. The maximum atomic E-state index is 11.6. The molecular formula is C11H14Cl2N2O. The number of halogens is 2. The lowest BCUT2D eigenvalue weighted by atomic mass is 10.1. The highest BCUT2D eigenvalue weighted by Gasteiger charge is 2.24. The van der Waals surface area contributed by atoms with Gasteiger partial charge >= 0.3 is 0 Å². The van der Waals surface area contributed by atoms with Crippen molar-refractivity contribution in [3.63, 3.8) is 0 Å². The molecule has 0 spiro atoms. The van der Waals surface area contributed by atoms with Crippen molar-refractivity contribution in [2.45, 2.75) is 19.4 Å². The SMILES string of the molecule is Cc1ccc(Cl)cc1NC(=O)[C@H]1CCN1.Cl. The van der Waals surface area contributed by atoms with Crippen molar-refractivity contribution >= 4 is 35.6 Å². The van der Waals surface area contributed by atoms with E-state index in [2.05, 4.69) is 10.6 Å². The number of hydrogen-bond acceptors (Lipinski definition) is 2. The summed E-state index contributed by atoms with van der Waals surface area (Å²) in [5, 5.41) is 6.56. The average molecular weight is 261 g/mol. The molecule has 0 unspecified atom stereocenters. The zero-order chi connectivity index (χ0) is 10.8. The van der Waals surface area contributed by atoms with Crippen LogP contribution in [0.15, 0.2) is 18.2 Å². The van der Waals surface area contributed by atoms with Gasteiger partial charge in [0.2, 0.25) is 5.91 Å².